The number of anilines is 1. The fourth-order valence-corrected chi connectivity index (χ4v) is 2.51. The van der Waals surface area contributed by atoms with Gasteiger partial charge in [0, 0.05) is 19.3 Å². The van der Waals surface area contributed by atoms with E-state index in [9.17, 15) is 4.79 Å². The molecule has 3 aromatic rings. The predicted molar refractivity (Wildman–Crippen MR) is 90.8 cm³/mol. The van der Waals surface area contributed by atoms with Crippen molar-refractivity contribution >= 4 is 22.5 Å². The monoisotopic (exact) mass is 309 g/mol. The first-order chi connectivity index (χ1) is 11.1. The second kappa shape index (κ2) is 6.12. The van der Waals surface area contributed by atoms with Crippen molar-refractivity contribution in [1.82, 2.24) is 9.78 Å². The number of rotatable bonds is 4. The van der Waals surface area contributed by atoms with Gasteiger partial charge in [-0.3, -0.25) is 9.48 Å². The van der Waals surface area contributed by atoms with Crippen LogP contribution in [0.4, 0.5) is 5.82 Å². The Bertz CT molecular complexity index is 854. The molecule has 0 saturated carbocycles. The van der Waals surface area contributed by atoms with Crippen LogP contribution in [0, 0.1) is 0 Å². The second-order valence-electron chi connectivity index (χ2n) is 5.56. The Morgan fingerprint density at radius 1 is 1.17 bits per heavy atom. The minimum atomic E-state index is -0.261. The first kappa shape index (κ1) is 15.1. The van der Waals surface area contributed by atoms with Gasteiger partial charge in [-0.2, -0.15) is 5.10 Å². The lowest BCUT2D eigenvalue weighted by molar-refractivity contribution is -0.117. The Kier molecular flexibility index (Phi) is 4.02. The predicted octanol–water partition coefficient (Wildman–Crippen LogP) is 3.32. The van der Waals surface area contributed by atoms with Gasteiger partial charge >= 0.3 is 0 Å². The summed E-state index contributed by atoms with van der Waals surface area (Å²) in [5.41, 5.74) is 0.969. The van der Waals surface area contributed by atoms with Crippen molar-refractivity contribution in [2.45, 2.75) is 12.8 Å². The molecule has 2 aromatic carbocycles. The zero-order valence-electron chi connectivity index (χ0n) is 13.4. The molecule has 0 fully saturated rings. The van der Waals surface area contributed by atoms with Crippen LogP contribution in [-0.2, 0) is 11.8 Å². The van der Waals surface area contributed by atoms with Gasteiger partial charge in [0.1, 0.15) is 5.75 Å². The van der Waals surface area contributed by atoms with Crippen LogP contribution in [0.15, 0.2) is 48.7 Å². The average Bonchev–Trinajstić information content (AvgIpc) is 2.97. The van der Waals surface area contributed by atoms with Gasteiger partial charge in [-0.25, -0.2) is 0 Å². The number of hydrogen-bond acceptors (Lipinski definition) is 3. The lowest BCUT2D eigenvalue weighted by Crippen LogP contribution is -2.19. The standard InChI is InChI=1S/C18H19N3O2/c1-12(18(22)19-17-8-9-21(2)20-17)13-4-5-15-11-16(23-3)7-6-14(15)10-13/h4-12H,1-3H3,(H,19,20,22)/t12-/m0/s1. The van der Waals surface area contributed by atoms with Gasteiger partial charge in [-0.15, -0.1) is 0 Å². The SMILES string of the molecule is COc1ccc2cc([C@H](C)C(=O)Nc3ccn(C)n3)ccc2c1. The Balaban J connectivity index is 1.82. The van der Waals surface area contributed by atoms with Crippen molar-refractivity contribution in [3.8, 4) is 5.75 Å². The highest BCUT2D eigenvalue weighted by molar-refractivity contribution is 5.95. The Hall–Kier alpha value is -2.82. The van der Waals surface area contributed by atoms with Crippen LogP contribution < -0.4 is 10.1 Å². The fourth-order valence-electron chi connectivity index (χ4n) is 2.51. The molecule has 0 radical (unpaired) electrons. The molecule has 0 bridgehead atoms. The summed E-state index contributed by atoms with van der Waals surface area (Å²) in [6, 6.07) is 13.7. The maximum absolute atomic E-state index is 12.4. The number of benzene rings is 2. The topological polar surface area (TPSA) is 56.1 Å². The van der Waals surface area contributed by atoms with Gasteiger partial charge in [-0.05, 0) is 35.4 Å². The third-order valence-corrected chi connectivity index (χ3v) is 3.93. The largest absolute Gasteiger partial charge is 0.497 e. The summed E-state index contributed by atoms with van der Waals surface area (Å²) in [6.07, 6.45) is 1.80. The van der Waals surface area contributed by atoms with Crippen molar-refractivity contribution in [1.29, 1.82) is 0 Å². The average molecular weight is 309 g/mol. The van der Waals surface area contributed by atoms with E-state index in [0.29, 0.717) is 5.82 Å². The molecule has 5 heteroatoms. The summed E-state index contributed by atoms with van der Waals surface area (Å²) >= 11 is 0. The van der Waals surface area contributed by atoms with E-state index >= 15 is 0 Å². The fraction of sp³-hybridized carbons (Fsp3) is 0.222. The molecule has 118 valence electrons. The molecule has 3 rings (SSSR count). The van der Waals surface area contributed by atoms with Crippen LogP contribution in [0.3, 0.4) is 0 Å². The number of amides is 1. The van der Waals surface area contributed by atoms with Crippen LogP contribution in [0.2, 0.25) is 0 Å². The van der Waals surface area contributed by atoms with Gasteiger partial charge in [0.2, 0.25) is 5.91 Å². The maximum atomic E-state index is 12.4. The van der Waals surface area contributed by atoms with E-state index in [1.807, 2.05) is 50.4 Å². The molecule has 0 saturated heterocycles. The third kappa shape index (κ3) is 3.18. The van der Waals surface area contributed by atoms with E-state index in [0.717, 1.165) is 22.1 Å². The number of aromatic nitrogens is 2. The lowest BCUT2D eigenvalue weighted by atomic mass is 9.97. The van der Waals surface area contributed by atoms with E-state index in [1.54, 1.807) is 24.1 Å². The molecule has 0 aliphatic rings. The van der Waals surface area contributed by atoms with Crippen molar-refractivity contribution in [2.24, 2.45) is 7.05 Å². The molecular formula is C18H19N3O2. The van der Waals surface area contributed by atoms with Crippen molar-refractivity contribution in [2.75, 3.05) is 12.4 Å². The van der Waals surface area contributed by atoms with Crippen molar-refractivity contribution < 1.29 is 9.53 Å². The molecule has 23 heavy (non-hydrogen) atoms. The summed E-state index contributed by atoms with van der Waals surface area (Å²) in [5.74, 6) is 1.06. The summed E-state index contributed by atoms with van der Waals surface area (Å²) in [7, 11) is 3.47. The minimum absolute atomic E-state index is 0.0726. The molecule has 1 amide bonds. The summed E-state index contributed by atoms with van der Waals surface area (Å²) in [6.45, 7) is 1.89. The molecule has 1 N–H and O–H groups in total. The molecule has 1 atom stereocenters. The van der Waals surface area contributed by atoms with Gasteiger partial charge in [0.25, 0.3) is 0 Å². The zero-order valence-corrected chi connectivity index (χ0v) is 13.4. The molecule has 0 unspecified atom stereocenters. The second-order valence-corrected chi connectivity index (χ2v) is 5.56. The third-order valence-electron chi connectivity index (χ3n) is 3.93. The highest BCUT2D eigenvalue weighted by Crippen LogP contribution is 2.25. The van der Waals surface area contributed by atoms with E-state index < -0.39 is 0 Å². The first-order valence-corrected chi connectivity index (χ1v) is 7.45. The molecule has 1 heterocycles. The number of nitrogens with zero attached hydrogens (tertiary/aromatic N) is 2. The van der Waals surface area contributed by atoms with E-state index in [-0.39, 0.29) is 11.8 Å². The zero-order chi connectivity index (χ0) is 16.4. The number of carbonyl (C=O) groups is 1. The normalized spacial score (nSPS) is 12.1. The number of nitrogens with one attached hydrogen (secondary N) is 1. The van der Waals surface area contributed by atoms with Crippen molar-refractivity contribution in [3.05, 3.63) is 54.2 Å². The molecule has 1 aromatic heterocycles. The summed E-state index contributed by atoms with van der Waals surface area (Å²) < 4.78 is 6.89. The van der Waals surface area contributed by atoms with E-state index in [2.05, 4.69) is 10.4 Å². The number of carbonyl (C=O) groups excluding carboxylic acids is 1. The van der Waals surface area contributed by atoms with E-state index in [4.69, 9.17) is 4.74 Å². The lowest BCUT2D eigenvalue weighted by Gasteiger charge is -2.12. The van der Waals surface area contributed by atoms with Crippen LogP contribution in [0.1, 0.15) is 18.4 Å². The van der Waals surface area contributed by atoms with Crippen LogP contribution in [0.5, 0.6) is 5.75 Å². The smallest absolute Gasteiger partial charge is 0.232 e. The molecular weight excluding hydrogens is 290 g/mol. The summed E-state index contributed by atoms with van der Waals surface area (Å²) in [5, 5.41) is 9.18. The van der Waals surface area contributed by atoms with Gasteiger partial charge in [0.05, 0.1) is 13.0 Å². The Morgan fingerprint density at radius 2 is 1.91 bits per heavy atom. The highest BCUT2D eigenvalue weighted by Gasteiger charge is 2.16. The first-order valence-electron chi connectivity index (χ1n) is 7.45. The van der Waals surface area contributed by atoms with Gasteiger partial charge in [-0.1, -0.05) is 24.3 Å². The van der Waals surface area contributed by atoms with Crippen LogP contribution in [-0.4, -0.2) is 22.8 Å². The highest BCUT2D eigenvalue weighted by atomic mass is 16.5. The Morgan fingerprint density at radius 3 is 2.61 bits per heavy atom. The number of fused-ring (bicyclic) bond motifs is 1. The minimum Gasteiger partial charge on any atom is -0.497 e. The molecule has 5 nitrogen and oxygen atoms in total. The number of hydrogen-bond donors (Lipinski definition) is 1. The number of methoxy groups -OCH3 is 1. The number of ether oxygens (including phenoxy) is 1. The van der Waals surface area contributed by atoms with Crippen LogP contribution in [0.25, 0.3) is 10.8 Å². The molecule has 0 aliphatic carbocycles. The van der Waals surface area contributed by atoms with Crippen molar-refractivity contribution in [3.63, 3.8) is 0 Å². The molecule has 0 aliphatic heterocycles. The number of aryl methyl sites for hydroxylation is 1. The van der Waals surface area contributed by atoms with Gasteiger partial charge < -0.3 is 10.1 Å². The maximum Gasteiger partial charge on any atom is 0.232 e. The Labute approximate surface area is 134 Å². The van der Waals surface area contributed by atoms with Crippen LogP contribution >= 0.6 is 0 Å². The van der Waals surface area contributed by atoms with E-state index in [1.165, 1.54) is 0 Å². The van der Waals surface area contributed by atoms with Gasteiger partial charge in [0.15, 0.2) is 5.82 Å². The summed E-state index contributed by atoms with van der Waals surface area (Å²) in [4.78, 5) is 12.4. The molecule has 0 spiro atoms. The quantitative estimate of drug-likeness (QED) is 0.804.